The first kappa shape index (κ1) is 20.8. The summed E-state index contributed by atoms with van der Waals surface area (Å²) in [5.74, 6) is 0.487. The van der Waals surface area contributed by atoms with Crippen molar-refractivity contribution in [3.8, 4) is 11.5 Å². The molecule has 0 aromatic heterocycles. The highest BCUT2D eigenvalue weighted by atomic mass is 16.3. The van der Waals surface area contributed by atoms with Gasteiger partial charge in [-0.2, -0.15) is 0 Å². The number of phenols is 2. The Kier molecular flexibility index (Phi) is 4.46. The number of hydrogen-bond donors (Lipinski definition) is 2. The molecule has 0 saturated heterocycles. The van der Waals surface area contributed by atoms with Crippen LogP contribution in [0.2, 0.25) is 0 Å². The quantitative estimate of drug-likeness (QED) is 0.275. The van der Waals surface area contributed by atoms with E-state index in [9.17, 15) is 10.2 Å². The van der Waals surface area contributed by atoms with Crippen LogP contribution < -0.4 is 0 Å². The summed E-state index contributed by atoms with van der Waals surface area (Å²) >= 11 is 0. The lowest BCUT2D eigenvalue weighted by atomic mass is 9.59. The minimum Gasteiger partial charge on any atom is -0.508 e. The van der Waals surface area contributed by atoms with E-state index in [1.807, 2.05) is 24.3 Å². The van der Waals surface area contributed by atoms with Gasteiger partial charge in [-0.15, -0.1) is 0 Å². The van der Waals surface area contributed by atoms with Crippen LogP contribution >= 0.6 is 0 Å². The fraction of sp³-hybridized carbons (Fsp3) is 0.0588. The van der Waals surface area contributed by atoms with Gasteiger partial charge in [0.2, 0.25) is 0 Å². The average molecular weight is 465 g/mol. The first-order chi connectivity index (χ1) is 17.6. The molecule has 0 unspecified atom stereocenters. The lowest BCUT2D eigenvalue weighted by Gasteiger charge is -2.43. The van der Waals surface area contributed by atoms with Crippen molar-refractivity contribution >= 4 is 21.5 Å². The molecule has 6 aromatic carbocycles. The van der Waals surface area contributed by atoms with Crippen LogP contribution in [0, 0.1) is 0 Å². The van der Waals surface area contributed by atoms with Crippen LogP contribution in [0.25, 0.3) is 21.5 Å². The SMILES string of the molecule is Oc1ccc(C2(c3ccc(O)cc3)c3cc4ccccc4cc3Cc3cc4ccccc4cc32)cc1. The number of hydrogen-bond acceptors (Lipinski definition) is 2. The zero-order valence-electron chi connectivity index (χ0n) is 19.6. The molecule has 2 nitrogen and oxygen atoms in total. The summed E-state index contributed by atoms with van der Waals surface area (Å²) in [5.41, 5.74) is 6.60. The third-order valence-electron chi connectivity index (χ3n) is 7.73. The van der Waals surface area contributed by atoms with Crippen LogP contribution in [0.3, 0.4) is 0 Å². The minimum atomic E-state index is -0.613. The van der Waals surface area contributed by atoms with Gasteiger partial charge in [0.15, 0.2) is 0 Å². The summed E-state index contributed by atoms with van der Waals surface area (Å²) in [5, 5.41) is 25.2. The Labute approximate surface area is 209 Å². The summed E-state index contributed by atoms with van der Waals surface area (Å²) in [6.45, 7) is 0. The third kappa shape index (κ3) is 2.98. The van der Waals surface area contributed by atoms with Crippen LogP contribution in [-0.4, -0.2) is 10.2 Å². The fourth-order valence-electron chi connectivity index (χ4n) is 6.13. The normalized spacial score (nSPS) is 13.9. The van der Waals surface area contributed by atoms with E-state index < -0.39 is 5.41 Å². The van der Waals surface area contributed by atoms with Crippen molar-refractivity contribution in [1.29, 1.82) is 0 Å². The molecule has 1 aliphatic rings. The predicted octanol–water partition coefficient (Wildman–Crippen LogP) is 7.69. The van der Waals surface area contributed by atoms with Crippen molar-refractivity contribution in [3.63, 3.8) is 0 Å². The summed E-state index contributed by atoms with van der Waals surface area (Å²) in [4.78, 5) is 0. The standard InChI is InChI=1S/C34H24O2/c35-30-13-9-28(10-14-30)34(29-11-15-31(36)16-12-29)32-20-24-7-3-1-5-22(24)17-26(32)19-27-18-23-6-2-4-8-25(23)21-33(27)34/h1-18,20-21,35-36H,19H2. The first-order valence-electron chi connectivity index (χ1n) is 12.3. The molecule has 6 aromatic rings. The van der Waals surface area contributed by atoms with Crippen LogP contribution in [0.1, 0.15) is 33.4 Å². The molecule has 2 N–H and O–H groups in total. The smallest absolute Gasteiger partial charge is 0.115 e. The zero-order valence-corrected chi connectivity index (χ0v) is 19.6. The molecule has 7 rings (SSSR count). The molecule has 0 spiro atoms. The molecule has 0 fully saturated rings. The Bertz CT molecular complexity index is 1630. The van der Waals surface area contributed by atoms with Gasteiger partial charge >= 0.3 is 0 Å². The maximum Gasteiger partial charge on any atom is 0.115 e. The highest BCUT2D eigenvalue weighted by Crippen LogP contribution is 2.52. The summed E-state index contributed by atoms with van der Waals surface area (Å²) < 4.78 is 0. The van der Waals surface area contributed by atoms with E-state index in [0.29, 0.717) is 0 Å². The highest BCUT2D eigenvalue weighted by molar-refractivity contribution is 5.89. The number of rotatable bonds is 2. The second-order valence-electron chi connectivity index (χ2n) is 9.73. The Morgan fingerprint density at radius 2 is 0.806 bits per heavy atom. The molecule has 0 saturated carbocycles. The van der Waals surface area contributed by atoms with Crippen LogP contribution in [0.4, 0.5) is 0 Å². The van der Waals surface area contributed by atoms with Gasteiger partial charge in [-0.25, -0.2) is 0 Å². The molecule has 172 valence electrons. The van der Waals surface area contributed by atoms with Crippen molar-refractivity contribution in [1.82, 2.24) is 0 Å². The summed E-state index contributed by atoms with van der Waals surface area (Å²) in [6.07, 6.45) is 0.845. The maximum atomic E-state index is 10.2. The van der Waals surface area contributed by atoms with Gasteiger partial charge in [0, 0.05) is 0 Å². The van der Waals surface area contributed by atoms with E-state index in [4.69, 9.17) is 0 Å². The van der Waals surface area contributed by atoms with E-state index in [0.717, 1.165) is 17.5 Å². The van der Waals surface area contributed by atoms with Gasteiger partial charge < -0.3 is 10.2 Å². The van der Waals surface area contributed by atoms with E-state index in [-0.39, 0.29) is 11.5 Å². The second kappa shape index (κ2) is 7.73. The molecule has 1 aliphatic carbocycles. The third-order valence-corrected chi connectivity index (χ3v) is 7.73. The molecule has 0 atom stereocenters. The second-order valence-corrected chi connectivity index (χ2v) is 9.73. The molecular weight excluding hydrogens is 440 g/mol. The zero-order chi connectivity index (χ0) is 24.3. The van der Waals surface area contributed by atoms with Crippen LogP contribution in [-0.2, 0) is 11.8 Å². The molecule has 2 heteroatoms. The van der Waals surface area contributed by atoms with Crippen LogP contribution in [0.15, 0.2) is 121 Å². The van der Waals surface area contributed by atoms with Gasteiger partial charge in [-0.3, -0.25) is 0 Å². The molecule has 0 bridgehead atoms. The number of fused-ring (bicyclic) bond motifs is 4. The largest absolute Gasteiger partial charge is 0.508 e. The first-order valence-corrected chi connectivity index (χ1v) is 12.3. The van der Waals surface area contributed by atoms with Gasteiger partial charge in [0.1, 0.15) is 11.5 Å². The number of aromatic hydroxyl groups is 2. The topological polar surface area (TPSA) is 40.5 Å². The average Bonchev–Trinajstić information content (AvgIpc) is 2.91. The maximum absolute atomic E-state index is 10.2. The van der Waals surface area contributed by atoms with Crippen molar-refractivity contribution in [3.05, 3.63) is 155 Å². The molecule has 36 heavy (non-hydrogen) atoms. The summed E-state index contributed by atoms with van der Waals surface area (Å²) in [6, 6.07) is 41.6. The van der Waals surface area contributed by atoms with Gasteiger partial charge in [-0.05, 0) is 97.7 Å². The molecule has 0 aliphatic heterocycles. The van der Waals surface area contributed by atoms with E-state index in [1.54, 1.807) is 24.3 Å². The molecule has 0 amide bonds. The van der Waals surface area contributed by atoms with Crippen molar-refractivity contribution < 1.29 is 10.2 Å². The summed E-state index contributed by atoms with van der Waals surface area (Å²) in [7, 11) is 0. The molecular formula is C34H24O2. The van der Waals surface area contributed by atoms with E-state index >= 15 is 0 Å². The predicted molar refractivity (Wildman–Crippen MR) is 146 cm³/mol. The van der Waals surface area contributed by atoms with Crippen LogP contribution in [0.5, 0.6) is 11.5 Å². The fourth-order valence-corrected chi connectivity index (χ4v) is 6.13. The Balaban J connectivity index is 1.68. The van der Waals surface area contributed by atoms with Crippen molar-refractivity contribution in [2.75, 3.05) is 0 Å². The monoisotopic (exact) mass is 464 g/mol. The van der Waals surface area contributed by atoms with Gasteiger partial charge in [0.25, 0.3) is 0 Å². The lowest BCUT2D eigenvalue weighted by molar-refractivity contribution is 0.474. The van der Waals surface area contributed by atoms with Gasteiger partial charge in [0.05, 0.1) is 5.41 Å². The Morgan fingerprint density at radius 1 is 0.444 bits per heavy atom. The van der Waals surface area contributed by atoms with E-state index in [2.05, 4.69) is 72.8 Å². The molecule has 0 radical (unpaired) electrons. The van der Waals surface area contributed by atoms with Crippen molar-refractivity contribution in [2.45, 2.75) is 11.8 Å². The van der Waals surface area contributed by atoms with E-state index in [1.165, 1.54) is 43.8 Å². The number of phenolic OH excluding ortho intramolecular Hbond substituents is 2. The molecule has 0 heterocycles. The Morgan fingerprint density at radius 3 is 1.19 bits per heavy atom. The van der Waals surface area contributed by atoms with Gasteiger partial charge in [-0.1, -0.05) is 84.9 Å². The minimum absolute atomic E-state index is 0.243. The number of benzene rings is 6. The Hall–Kier alpha value is -4.56. The van der Waals surface area contributed by atoms with Crippen molar-refractivity contribution in [2.24, 2.45) is 0 Å². The highest BCUT2D eigenvalue weighted by Gasteiger charge is 2.44. The lowest BCUT2D eigenvalue weighted by Crippen LogP contribution is -2.36.